The summed E-state index contributed by atoms with van der Waals surface area (Å²) in [5.74, 6) is -0.714. The highest BCUT2D eigenvalue weighted by atomic mass is 16.2. The van der Waals surface area contributed by atoms with Crippen LogP contribution in [0.3, 0.4) is 0 Å². The van der Waals surface area contributed by atoms with Crippen LogP contribution in [0.5, 0.6) is 0 Å². The Morgan fingerprint density at radius 2 is 1.32 bits per heavy atom. The second-order valence-electron chi connectivity index (χ2n) is 6.61. The Morgan fingerprint density at radius 1 is 0.750 bits per heavy atom. The lowest BCUT2D eigenvalue weighted by molar-refractivity contribution is -0.113. The summed E-state index contributed by atoms with van der Waals surface area (Å²) in [5, 5.41) is 5.58. The van der Waals surface area contributed by atoms with E-state index >= 15 is 0 Å². The summed E-state index contributed by atoms with van der Waals surface area (Å²) in [7, 11) is 0. The number of aryl methyl sites for hydroxylation is 2. The van der Waals surface area contributed by atoms with Crippen LogP contribution in [0.4, 0.5) is 5.69 Å². The van der Waals surface area contributed by atoms with Crippen LogP contribution in [-0.4, -0.2) is 11.8 Å². The predicted molar refractivity (Wildman–Crippen MR) is 113 cm³/mol. The predicted octanol–water partition coefficient (Wildman–Crippen LogP) is 4.71. The lowest BCUT2D eigenvalue weighted by atomic mass is 10.1. The van der Waals surface area contributed by atoms with E-state index in [9.17, 15) is 9.59 Å². The summed E-state index contributed by atoms with van der Waals surface area (Å²) in [5.41, 5.74) is 4.32. The molecule has 4 heteroatoms. The number of carbonyl (C=O) groups excluding carboxylic acids is 2. The van der Waals surface area contributed by atoms with E-state index in [0.29, 0.717) is 11.3 Å². The van der Waals surface area contributed by atoms with Gasteiger partial charge in [-0.25, -0.2) is 0 Å². The van der Waals surface area contributed by atoms with Crippen LogP contribution in [-0.2, 0) is 4.79 Å². The summed E-state index contributed by atoms with van der Waals surface area (Å²) in [6.07, 6.45) is 1.66. The van der Waals surface area contributed by atoms with Crippen LogP contribution in [0.15, 0.2) is 84.6 Å². The molecule has 0 spiro atoms. The summed E-state index contributed by atoms with van der Waals surface area (Å²) in [6, 6.07) is 24.1. The van der Waals surface area contributed by atoms with Crippen LogP contribution in [0, 0.1) is 13.8 Å². The van der Waals surface area contributed by atoms with Crippen molar-refractivity contribution in [1.82, 2.24) is 5.32 Å². The van der Waals surface area contributed by atoms with Gasteiger partial charge in [-0.15, -0.1) is 0 Å². The maximum atomic E-state index is 12.8. The fourth-order valence-electron chi connectivity index (χ4n) is 2.61. The Balaban J connectivity index is 1.85. The number of nitrogens with one attached hydrogen (secondary N) is 2. The highest BCUT2D eigenvalue weighted by Gasteiger charge is 2.15. The first-order valence-electron chi connectivity index (χ1n) is 9.04. The fraction of sp³-hybridized carbons (Fsp3) is 0.0833. The number of anilines is 1. The van der Waals surface area contributed by atoms with Crippen LogP contribution in [0.2, 0.25) is 0 Å². The summed E-state index contributed by atoms with van der Waals surface area (Å²) in [4.78, 5) is 25.5. The number of carbonyl (C=O) groups is 2. The first kappa shape index (κ1) is 19.1. The Kier molecular flexibility index (Phi) is 6.02. The van der Waals surface area contributed by atoms with Gasteiger partial charge in [-0.2, -0.15) is 0 Å². The molecule has 0 heterocycles. The first-order chi connectivity index (χ1) is 13.5. The normalized spacial score (nSPS) is 11.0. The highest BCUT2D eigenvalue weighted by Crippen LogP contribution is 2.12. The van der Waals surface area contributed by atoms with Crippen LogP contribution >= 0.6 is 0 Å². The van der Waals surface area contributed by atoms with E-state index in [1.54, 1.807) is 18.2 Å². The van der Waals surface area contributed by atoms with Crippen LogP contribution in [0.25, 0.3) is 6.08 Å². The van der Waals surface area contributed by atoms with Crippen molar-refractivity contribution < 1.29 is 9.59 Å². The minimum atomic E-state index is -0.381. The van der Waals surface area contributed by atoms with Crippen molar-refractivity contribution in [1.29, 1.82) is 0 Å². The molecule has 0 saturated heterocycles. The molecule has 0 aliphatic heterocycles. The third-order valence-electron chi connectivity index (χ3n) is 4.23. The van der Waals surface area contributed by atoms with Crippen LogP contribution < -0.4 is 10.6 Å². The van der Waals surface area contributed by atoms with Gasteiger partial charge in [0, 0.05) is 11.3 Å². The number of benzene rings is 3. The standard InChI is InChI=1S/C24H22N2O2/c1-17-8-12-20(13-9-17)23(27)26-22(16-19-6-4-3-5-7-19)24(28)25-21-14-10-18(2)11-15-21/h3-16H,1-2H3,(H,25,28)(H,26,27). The van der Waals surface area contributed by atoms with Crippen molar-refractivity contribution in [2.75, 3.05) is 5.32 Å². The molecule has 3 aromatic carbocycles. The minimum absolute atomic E-state index is 0.178. The molecule has 0 atom stereocenters. The molecular formula is C24H22N2O2. The lowest BCUT2D eigenvalue weighted by Gasteiger charge is -2.12. The zero-order valence-electron chi connectivity index (χ0n) is 15.9. The second-order valence-corrected chi connectivity index (χ2v) is 6.61. The molecule has 4 nitrogen and oxygen atoms in total. The van der Waals surface area contributed by atoms with E-state index in [4.69, 9.17) is 0 Å². The topological polar surface area (TPSA) is 58.2 Å². The zero-order valence-corrected chi connectivity index (χ0v) is 15.9. The third kappa shape index (κ3) is 5.17. The van der Waals surface area contributed by atoms with E-state index in [1.807, 2.05) is 80.6 Å². The maximum absolute atomic E-state index is 12.8. The number of hydrogen-bond acceptors (Lipinski definition) is 2. The van der Waals surface area contributed by atoms with Crippen molar-refractivity contribution in [3.05, 3.63) is 107 Å². The molecule has 140 valence electrons. The Labute approximate surface area is 164 Å². The SMILES string of the molecule is Cc1ccc(NC(=O)C(=Cc2ccccc2)NC(=O)c2ccc(C)cc2)cc1. The first-order valence-corrected chi connectivity index (χ1v) is 9.04. The van der Waals surface area contributed by atoms with E-state index in [2.05, 4.69) is 10.6 Å². The molecule has 0 aliphatic carbocycles. The molecule has 3 aromatic rings. The molecule has 0 aliphatic rings. The van der Waals surface area contributed by atoms with Crippen molar-refractivity contribution in [2.24, 2.45) is 0 Å². The number of rotatable bonds is 5. The van der Waals surface area contributed by atoms with Gasteiger partial charge in [0.25, 0.3) is 11.8 Å². The van der Waals surface area contributed by atoms with Gasteiger partial charge < -0.3 is 10.6 Å². The summed E-state index contributed by atoms with van der Waals surface area (Å²) >= 11 is 0. The molecule has 0 fully saturated rings. The zero-order chi connectivity index (χ0) is 19.9. The molecule has 28 heavy (non-hydrogen) atoms. The van der Waals surface area contributed by atoms with Gasteiger partial charge in [-0.1, -0.05) is 65.7 Å². The Morgan fingerprint density at radius 3 is 1.93 bits per heavy atom. The lowest BCUT2D eigenvalue weighted by Crippen LogP contribution is -2.30. The van der Waals surface area contributed by atoms with Gasteiger partial charge >= 0.3 is 0 Å². The van der Waals surface area contributed by atoms with E-state index in [-0.39, 0.29) is 17.5 Å². The summed E-state index contributed by atoms with van der Waals surface area (Å²) in [6.45, 7) is 3.94. The van der Waals surface area contributed by atoms with E-state index in [0.717, 1.165) is 16.7 Å². The van der Waals surface area contributed by atoms with E-state index in [1.165, 1.54) is 0 Å². The smallest absolute Gasteiger partial charge is 0.272 e. The number of hydrogen-bond donors (Lipinski definition) is 2. The molecule has 0 unspecified atom stereocenters. The average molecular weight is 370 g/mol. The van der Waals surface area contributed by atoms with Crippen molar-refractivity contribution in [3.8, 4) is 0 Å². The van der Waals surface area contributed by atoms with Crippen LogP contribution in [0.1, 0.15) is 27.0 Å². The van der Waals surface area contributed by atoms with Gasteiger partial charge in [0.05, 0.1) is 0 Å². The molecule has 0 saturated carbocycles. The molecule has 2 N–H and O–H groups in total. The quantitative estimate of drug-likeness (QED) is 0.639. The minimum Gasteiger partial charge on any atom is -0.321 e. The molecular weight excluding hydrogens is 348 g/mol. The molecule has 0 bridgehead atoms. The van der Waals surface area contributed by atoms with Gasteiger partial charge in [0.2, 0.25) is 0 Å². The van der Waals surface area contributed by atoms with Crippen molar-refractivity contribution >= 4 is 23.6 Å². The molecule has 2 amide bonds. The summed E-state index contributed by atoms with van der Waals surface area (Å²) < 4.78 is 0. The highest BCUT2D eigenvalue weighted by molar-refractivity contribution is 6.10. The molecule has 0 radical (unpaired) electrons. The van der Waals surface area contributed by atoms with Crippen molar-refractivity contribution in [2.45, 2.75) is 13.8 Å². The molecule has 3 rings (SSSR count). The van der Waals surface area contributed by atoms with E-state index < -0.39 is 0 Å². The maximum Gasteiger partial charge on any atom is 0.272 e. The Bertz CT molecular complexity index is 989. The second kappa shape index (κ2) is 8.82. The van der Waals surface area contributed by atoms with Gasteiger partial charge in [-0.3, -0.25) is 9.59 Å². The number of amides is 2. The molecule has 0 aromatic heterocycles. The average Bonchev–Trinajstić information content (AvgIpc) is 2.70. The Hall–Kier alpha value is -3.66. The van der Waals surface area contributed by atoms with Gasteiger partial charge in [-0.05, 0) is 49.8 Å². The third-order valence-corrected chi connectivity index (χ3v) is 4.23. The monoisotopic (exact) mass is 370 g/mol. The van der Waals surface area contributed by atoms with Gasteiger partial charge in [0.15, 0.2) is 0 Å². The van der Waals surface area contributed by atoms with Crippen molar-refractivity contribution in [3.63, 3.8) is 0 Å². The fourth-order valence-corrected chi connectivity index (χ4v) is 2.61. The van der Waals surface area contributed by atoms with Gasteiger partial charge in [0.1, 0.15) is 5.70 Å². The largest absolute Gasteiger partial charge is 0.321 e.